The van der Waals surface area contributed by atoms with Gasteiger partial charge in [-0.15, -0.1) is 0 Å². The molecule has 1 unspecified atom stereocenters. The van der Waals surface area contributed by atoms with Gasteiger partial charge in [-0.05, 0) is 67.4 Å². The monoisotopic (exact) mass is 507 g/mol. The van der Waals surface area contributed by atoms with E-state index in [2.05, 4.69) is 5.32 Å². The summed E-state index contributed by atoms with van der Waals surface area (Å²) in [5, 5.41) is 4.30. The summed E-state index contributed by atoms with van der Waals surface area (Å²) >= 11 is 0. The molecule has 0 aromatic heterocycles. The van der Waals surface area contributed by atoms with Crippen LogP contribution in [0.2, 0.25) is 0 Å². The van der Waals surface area contributed by atoms with E-state index in [4.69, 9.17) is 0 Å². The molecular formula is C27H29N3O5S. The molecule has 1 aliphatic heterocycles. The third-order valence-corrected chi connectivity index (χ3v) is 8.71. The van der Waals surface area contributed by atoms with Crippen LogP contribution in [-0.4, -0.2) is 42.0 Å². The number of carbonyl (C=O) groups is 3. The third kappa shape index (κ3) is 4.64. The first-order chi connectivity index (χ1) is 17.0. The van der Waals surface area contributed by atoms with Gasteiger partial charge in [-0.1, -0.05) is 37.3 Å². The topological polar surface area (TPSA) is 104 Å². The second-order valence-corrected chi connectivity index (χ2v) is 11.3. The molecule has 1 atom stereocenters. The molecule has 36 heavy (non-hydrogen) atoms. The minimum Gasteiger partial charge on any atom is -0.326 e. The number of nitrogens with zero attached hydrogens (tertiary/aromatic N) is 2. The van der Waals surface area contributed by atoms with E-state index in [1.54, 1.807) is 50.2 Å². The van der Waals surface area contributed by atoms with Crippen molar-refractivity contribution < 1.29 is 22.8 Å². The van der Waals surface area contributed by atoms with Crippen LogP contribution in [0.4, 0.5) is 11.4 Å². The fourth-order valence-electron chi connectivity index (χ4n) is 4.48. The first-order valence-corrected chi connectivity index (χ1v) is 13.2. The Morgan fingerprint density at radius 2 is 1.67 bits per heavy atom. The van der Waals surface area contributed by atoms with Crippen molar-refractivity contribution in [2.45, 2.75) is 57.0 Å². The molecule has 0 spiro atoms. The van der Waals surface area contributed by atoms with E-state index in [1.165, 1.54) is 17.3 Å². The van der Waals surface area contributed by atoms with Gasteiger partial charge in [0, 0.05) is 18.2 Å². The van der Waals surface area contributed by atoms with Crippen LogP contribution in [0.3, 0.4) is 0 Å². The predicted octanol–water partition coefficient (Wildman–Crippen LogP) is 4.31. The Kier molecular flexibility index (Phi) is 6.72. The summed E-state index contributed by atoms with van der Waals surface area (Å²) in [5.41, 5.74) is -0.0930. The number of amides is 3. The van der Waals surface area contributed by atoms with Crippen LogP contribution in [0.1, 0.15) is 40.5 Å². The number of hydrogen-bond acceptors (Lipinski definition) is 5. The molecule has 1 N–H and O–H groups in total. The first kappa shape index (κ1) is 25.5. The highest BCUT2D eigenvalue weighted by molar-refractivity contribution is 7.89. The third-order valence-electron chi connectivity index (χ3n) is 6.59. The number of imide groups is 1. The molecule has 0 saturated carbocycles. The first-order valence-electron chi connectivity index (χ1n) is 11.7. The van der Waals surface area contributed by atoms with E-state index in [-0.39, 0.29) is 17.2 Å². The van der Waals surface area contributed by atoms with Crippen LogP contribution in [0.5, 0.6) is 0 Å². The standard InChI is InChI=1S/C27H29N3O5S/c1-5-27(3,4)30(36(34,35)23-15-10-19-8-6-7-9-20(19)16-23)24-17-25(32)29(26(24)33)22-13-11-21(12-14-22)28-18(2)31/h6-16,24H,5,17H2,1-4H3,(H,28,31). The maximum Gasteiger partial charge on any atom is 0.252 e. The number of rotatable bonds is 7. The van der Waals surface area contributed by atoms with Gasteiger partial charge in [0.15, 0.2) is 0 Å². The minimum atomic E-state index is -4.14. The van der Waals surface area contributed by atoms with Gasteiger partial charge in [0.1, 0.15) is 6.04 Å². The second kappa shape index (κ2) is 9.48. The molecule has 0 radical (unpaired) electrons. The number of carbonyl (C=O) groups excluding carboxylic acids is 3. The normalized spacial score (nSPS) is 16.7. The maximum absolute atomic E-state index is 14.0. The van der Waals surface area contributed by atoms with Crippen molar-refractivity contribution in [1.29, 1.82) is 0 Å². The molecule has 1 saturated heterocycles. The minimum absolute atomic E-state index is 0.0704. The SMILES string of the molecule is CCC(C)(C)N(C1CC(=O)N(c2ccc(NC(C)=O)cc2)C1=O)S(=O)(=O)c1ccc2ccccc2c1. The fraction of sp³-hybridized carbons (Fsp3) is 0.296. The summed E-state index contributed by atoms with van der Waals surface area (Å²) in [6.45, 7) is 6.75. The van der Waals surface area contributed by atoms with Crippen LogP contribution in [0.25, 0.3) is 10.8 Å². The van der Waals surface area contributed by atoms with Crippen molar-refractivity contribution >= 4 is 49.9 Å². The fourth-order valence-corrected chi connectivity index (χ4v) is 6.50. The summed E-state index contributed by atoms with van der Waals surface area (Å²) in [5.74, 6) is -1.33. The quantitative estimate of drug-likeness (QED) is 0.480. The van der Waals surface area contributed by atoms with Crippen molar-refractivity contribution in [3.05, 3.63) is 66.7 Å². The second-order valence-electron chi connectivity index (χ2n) is 9.49. The summed E-state index contributed by atoms with van der Waals surface area (Å²) in [6, 6.07) is 17.4. The molecule has 4 rings (SSSR count). The van der Waals surface area contributed by atoms with Crippen LogP contribution >= 0.6 is 0 Å². The molecule has 3 amide bonds. The zero-order valence-corrected chi connectivity index (χ0v) is 21.5. The van der Waals surface area contributed by atoms with Crippen LogP contribution in [0.15, 0.2) is 71.6 Å². The molecule has 9 heteroatoms. The molecule has 1 heterocycles. The van der Waals surface area contributed by atoms with E-state index < -0.39 is 33.4 Å². The lowest BCUT2D eigenvalue weighted by molar-refractivity contribution is -0.123. The van der Waals surface area contributed by atoms with E-state index in [0.717, 1.165) is 15.7 Å². The van der Waals surface area contributed by atoms with Gasteiger partial charge in [-0.3, -0.25) is 14.4 Å². The Labute approximate surface area is 210 Å². The molecule has 1 fully saturated rings. The Hall–Kier alpha value is -3.56. The molecule has 8 nitrogen and oxygen atoms in total. The smallest absolute Gasteiger partial charge is 0.252 e. The molecule has 3 aromatic carbocycles. The number of anilines is 2. The molecule has 3 aromatic rings. The van der Waals surface area contributed by atoms with Crippen LogP contribution < -0.4 is 10.2 Å². The van der Waals surface area contributed by atoms with Gasteiger partial charge in [-0.25, -0.2) is 13.3 Å². The van der Waals surface area contributed by atoms with Crippen molar-refractivity contribution in [3.8, 4) is 0 Å². The Morgan fingerprint density at radius 3 is 2.28 bits per heavy atom. The Morgan fingerprint density at radius 1 is 1.03 bits per heavy atom. The van der Waals surface area contributed by atoms with Gasteiger partial charge < -0.3 is 5.32 Å². The lowest BCUT2D eigenvalue weighted by Gasteiger charge is -2.39. The van der Waals surface area contributed by atoms with Gasteiger partial charge in [-0.2, -0.15) is 4.31 Å². The van der Waals surface area contributed by atoms with Gasteiger partial charge in [0.2, 0.25) is 21.8 Å². The predicted molar refractivity (Wildman–Crippen MR) is 139 cm³/mol. The summed E-state index contributed by atoms with van der Waals surface area (Å²) in [7, 11) is -4.14. The van der Waals surface area contributed by atoms with E-state index in [1.807, 2.05) is 31.2 Å². The lowest BCUT2D eigenvalue weighted by atomic mass is 10.00. The summed E-state index contributed by atoms with van der Waals surface area (Å²) in [6.07, 6.45) is 0.172. The van der Waals surface area contributed by atoms with Crippen molar-refractivity contribution in [2.75, 3.05) is 10.2 Å². The zero-order valence-electron chi connectivity index (χ0n) is 20.7. The number of nitrogens with one attached hydrogen (secondary N) is 1. The molecule has 188 valence electrons. The highest BCUT2D eigenvalue weighted by Crippen LogP contribution is 2.36. The molecule has 1 aliphatic rings. The maximum atomic E-state index is 14.0. The Bertz CT molecular complexity index is 1450. The summed E-state index contributed by atoms with van der Waals surface area (Å²) < 4.78 is 29.2. The highest BCUT2D eigenvalue weighted by atomic mass is 32.2. The lowest BCUT2D eigenvalue weighted by Crippen LogP contribution is -2.55. The van der Waals surface area contributed by atoms with Crippen LogP contribution in [-0.2, 0) is 24.4 Å². The largest absolute Gasteiger partial charge is 0.326 e. The van der Waals surface area contributed by atoms with Crippen LogP contribution in [0, 0.1) is 0 Å². The average molecular weight is 508 g/mol. The van der Waals surface area contributed by atoms with Gasteiger partial charge in [0.05, 0.1) is 17.0 Å². The molecule has 0 aliphatic carbocycles. The average Bonchev–Trinajstić information content (AvgIpc) is 3.11. The van der Waals surface area contributed by atoms with E-state index in [0.29, 0.717) is 17.8 Å². The zero-order chi connectivity index (χ0) is 26.3. The van der Waals surface area contributed by atoms with Crippen molar-refractivity contribution in [1.82, 2.24) is 4.31 Å². The van der Waals surface area contributed by atoms with E-state index in [9.17, 15) is 22.8 Å². The molecule has 0 bridgehead atoms. The van der Waals surface area contributed by atoms with E-state index >= 15 is 0 Å². The Balaban J connectivity index is 1.74. The highest BCUT2D eigenvalue weighted by Gasteiger charge is 2.51. The number of fused-ring (bicyclic) bond motifs is 1. The number of sulfonamides is 1. The molecular weight excluding hydrogens is 478 g/mol. The number of hydrogen-bond donors (Lipinski definition) is 1. The van der Waals surface area contributed by atoms with Gasteiger partial charge in [0.25, 0.3) is 5.91 Å². The summed E-state index contributed by atoms with van der Waals surface area (Å²) in [4.78, 5) is 39.0. The van der Waals surface area contributed by atoms with Crippen molar-refractivity contribution in [3.63, 3.8) is 0 Å². The number of benzene rings is 3. The van der Waals surface area contributed by atoms with Crippen molar-refractivity contribution in [2.24, 2.45) is 0 Å². The van der Waals surface area contributed by atoms with Gasteiger partial charge >= 0.3 is 0 Å².